The summed E-state index contributed by atoms with van der Waals surface area (Å²) in [6.07, 6.45) is 6.36. The number of rotatable bonds is 7. The van der Waals surface area contributed by atoms with E-state index in [1.54, 1.807) is 12.3 Å². The Bertz CT molecular complexity index is 482. The molecule has 0 aliphatic heterocycles. The minimum atomic E-state index is -0.132. The van der Waals surface area contributed by atoms with Gasteiger partial charge in [0.25, 0.3) is 0 Å². The molecule has 1 heterocycles. The molecule has 1 aromatic heterocycles. The molecular weight excluding hydrogens is 241 g/mol. The molecule has 0 saturated heterocycles. The first-order valence-electron chi connectivity index (χ1n) is 6.77. The second-order valence-electron chi connectivity index (χ2n) is 4.58. The zero-order valence-electron chi connectivity index (χ0n) is 11.2. The molecule has 19 heavy (non-hydrogen) atoms. The summed E-state index contributed by atoms with van der Waals surface area (Å²) < 4.78 is 13.7. The quantitative estimate of drug-likeness (QED) is 0.751. The van der Waals surface area contributed by atoms with Gasteiger partial charge in [0.2, 0.25) is 0 Å². The molecule has 0 saturated carbocycles. The summed E-state index contributed by atoms with van der Waals surface area (Å²) in [6, 6.07) is 7.05. The van der Waals surface area contributed by atoms with Crippen LogP contribution in [0.1, 0.15) is 37.2 Å². The van der Waals surface area contributed by atoms with E-state index in [9.17, 15) is 4.39 Å². The Balaban J connectivity index is 1.81. The molecule has 0 aliphatic carbocycles. The van der Waals surface area contributed by atoms with Gasteiger partial charge in [0, 0.05) is 30.4 Å². The lowest BCUT2D eigenvalue weighted by Gasteiger charge is -2.17. The predicted molar refractivity (Wildman–Crippen MR) is 74.3 cm³/mol. The van der Waals surface area contributed by atoms with E-state index < -0.39 is 0 Å². The summed E-state index contributed by atoms with van der Waals surface area (Å²) >= 11 is 0. The van der Waals surface area contributed by atoms with Gasteiger partial charge in [-0.15, -0.1) is 0 Å². The van der Waals surface area contributed by atoms with Crippen LogP contribution >= 0.6 is 0 Å². The fraction of sp³-hybridized carbons (Fsp3) is 0.400. The monoisotopic (exact) mass is 261 g/mol. The summed E-state index contributed by atoms with van der Waals surface area (Å²) in [5.74, 6) is 0.869. The Hall–Kier alpha value is -1.68. The van der Waals surface area contributed by atoms with Gasteiger partial charge >= 0.3 is 0 Å². The van der Waals surface area contributed by atoms with E-state index in [1.165, 1.54) is 6.07 Å². The van der Waals surface area contributed by atoms with Crippen LogP contribution in [0.5, 0.6) is 0 Å². The van der Waals surface area contributed by atoms with Crippen molar-refractivity contribution in [2.24, 2.45) is 0 Å². The second kappa shape index (κ2) is 7.04. The number of nitrogens with one attached hydrogen (secondary N) is 2. The van der Waals surface area contributed by atoms with E-state index in [4.69, 9.17) is 0 Å². The second-order valence-corrected chi connectivity index (χ2v) is 4.58. The van der Waals surface area contributed by atoms with Crippen molar-refractivity contribution in [2.45, 2.75) is 32.2 Å². The predicted octanol–water partition coefficient (Wildman–Crippen LogP) is 3.22. The smallest absolute Gasteiger partial charge is 0.127 e. The van der Waals surface area contributed by atoms with E-state index in [2.05, 4.69) is 22.2 Å². The normalized spacial score (nSPS) is 12.5. The molecule has 0 bridgehead atoms. The molecule has 0 aliphatic rings. The number of aryl methyl sites for hydroxylation is 1. The number of halogens is 1. The van der Waals surface area contributed by atoms with E-state index >= 15 is 0 Å². The van der Waals surface area contributed by atoms with Gasteiger partial charge in [-0.05, 0) is 25.5 Å². The average Bonchev–Trinajstić information content (AvgIpc) is 2.93. The maximum absolute atomic E-state index is 13.7. The molecule has 0 amide bonds. The van der Waals surface area contributed by atoms with Gasteiger partial charge < -0.3 is 10.3 Å². The first-order chi connectivity index (χ1) is 9.31. The van der Waals surface area contributed by atoms with E-state index in [0.29, 0.717) is 0 Å². The summed E-state index contributed by atoms with van der Waals surface area (Å²) in [7, 11) is 0. The van der Waals surface area contributed by atoms with Crippen LogP contribution in [0.25, 0.3) is 0 Å². The van der Waals surface area contributed by atoms with Crippen LogP contribution in [0.15, 0.2) is 36.7 Å². The lowest BCUT2D eigenvalue weighted by atomic mass is 10.0. The van der Waals surface area contributed by atoms with Crippen molar-refractivity contribution in [1.82, 2.24) is 15.3 Å². The maximum Gasteiger partial charge on any atom is 0.127 e. The van der Waals surface area contributed by atoms with Gasteiger partial charge in [0.1, 0.15) is 11.6 Å². The molecular formula is C15H20FN3. The van der Waals surface area contributed by atoms with Gasteiger partial charge in [-0.2, -0.15) is 0 Å². The first-order valence-corrected chi connectivity index (χ1v) is 6.77. The highest BCUT2D eigenvalue weighted by atomic mass is 19.1. The molecule has 0 radical (unpaired) electrons. The number of hydrogen-bond acceptors (Lipinski definition) is 2. The van der Waals surface area contributed by atoms with Crippen molar-refractivity contribution in [2.75, 3.05) is 6.54 Å². The van der Waals surface area contributed by atoms with Crippen molar-refractivity contribution in [3.8, 4) is 0 Å². The first kappa shape index (κ1) is 13.7. The van der Waals surface area contributed by atoms with Crippen LogP contribution in [-0.2, 0) is 6.42 Å². The molecule has 102 valence electrons. The van der Waals surface area contributed by atoms with Crippen molar-refractivity contribution in [3.63, 3.8) is 0 Å². The standard InChI is InChI=1S/C15H20FN3/c1-2-14(12-6-3-4-7-13(12)16)17-9-5-8-15-18-10-11-19-15/h3-4,6-7,10-11,14,17H,2,5,8-9H2,1H3,(H,18,19). The number of nitrogens with zero attached hydrogens (tertiary/aromatic N) is 1. The van der Waals surface area contributed by atoms with Crippen LogP contribution in [-0.4, -0.2) is 16.5 Å². The molecule has 0 spiro atoms. The molecule has 1 unspecified atom stereocenters. The van der Waals surface area contributed by atoms with Gasteiger partial charge in [-0.3, -0.25) is 0 Å². The lowest BCUT2D eigenvalue weighted by Crippen LogP contribution is -2.23. The molecule has 2 N–H and O–H groups in total. The van der Waals surface area contributed by atoms with Crippen LogP contribution in [0.3, 0.4) is 0 Å². The molecule has 2 aromatic rings. The van der Waals surface area contributed by atoms with Crippen LogP contribution in [0, 0.1) is 5.82 Å². The molecule has 4 heteroatoms. The summed E-state index contributed by atoms with van der Waals surface area (Å²) in [6.45, 7) is 2.92. The fourth-order valence-electron chi connectivity index (χ4n) is 2.20. The molecule has 1 aromatic carbocycles. The van der Waals surface area contributed by atoms with Gasteiger partial charge in [-0.1, -0.05) is 25.1 Å². The number of aromatic nitrogens is 2. The van der Waals surface area contributed by atoms with E-state index in [-0.39, 0.29) is 11.9 Å². The average molecular weight is 261 g/mol. The van der Waals surface area contributed by atoms with Gasteiger partial charge in [-0.25, -0.2) is 9.37 Å². The number of imidazole rings is 1. The van der Waals surface area contributed by atoms with Crippen molar-refractivity contribution in [3.05, 3.63) is 53.9 Å². The molecule has 0 fully saturated rings. The van der Waals surface area contributed by atoms with Crippen molar-refractivity contribution >= 4 is 0 Å². The van der Waals surface area contributed by atoms with Gasteiger partial charge in [0.15, 0.2) is 0 Å². The highest BCUT2D eigenvalue weighted by molar-refractivity contribution is 5.21. The zero-order valence-corrected chi connectivity index (χ0v) is 11.2. The zero-order chi connectivity index (χ0) is 13.5. The summed E-state index contributed by atoms with van der Waals surface area (Å²) in [5, 5.41) is 3.41. The number of aromatic amines is 1. The number of hydrogen-bond donors (Lipinski definition) is 2. The third-order valence-electron chi connectivity index (χ3n) is 3.22. The van der Waals surface area contributed by atoms with Crippen LogP contribution in [0.4, 0.5) is 4.39 Å². The maximum atomic E-state index is 13.7. The van der Waals surface area contributed by atoms with Gasteiger partial charge in [0.05, 0.1) is 0 Å². The van der Waals surface area contributed by atoms with E-state index in [0.717, 1.165) is 37.2 Å². The third-order valence-corrected chi connectivity index (χ3v) is 3.22. The number of H-pyrrole nitrogens is 1. The van der Waals surface area contributed by atoms with E-state index in [1.807, 2.05) is 18.3 Å². The minimum Gasteiger partial charge on any atom is -0.349 e. The fourth-order valence-corrected chi connectivity index (χ4v) is 2.20. The largest absolute Gasteiger partial charge is 0.349 e. The third kappa shape index (κ3) is 3.89. The summed E-state index contributed by atoms with van der Waals surface area (Å²) in [5.41, 5.74) is 0.753. The highest BCUT2D eigenvalue weighted by Gasteiger charge is 2.12. The Morgan fingerprint density at radius 2 is 2.21 bits per heavy atom. The summed E-state index contributed by atoms with van der Waals surface area (Å²) in [4.78, 5) is 7.26. The van der Waals surface area contributed by atoms with Crippen LogP contribution in [0.2, 0.25) is 0 Å². The van der Waals surface area contributed by atoms with Crippen molar-refractivity contribution < 1.29 is 4.39 Å². The lowest BCUT2D eigenvalue weighted by molar-refractivity contribution is 0.482. The molecule has 3 nitrogen and oxygen atoms in total. The Labute approximate surface area is 113 Å². The Morgan fingerprint density at radius 1 is 1.37 bits per heavy atom. The minimum absolute atomic E-state index is 0.0813. The van der Waals surface area contributed by atoms with Crippen molar-refractivity contribution in [1.29, 1.82) is 0 Å². The Morgan fingerprint density at radius 3 is 2.89 bits per heavy atom. The molecule has 1 atom stereocenters. The SMILES string of the molecule is CCC(NCCCc1ncc[nH]1)c1ccccc1F. The topological polar surface area (TPSA) is 40.7 Å². The van der Waals surface area contributed by atoms with Crippen LogP contribution < -0.4 is 5.32 Å². The number of benzene rings is 1. The highest BCUT2D eigenvalue weighted by Crippen LogP contribution is 2.19. The molecule has 2 rings (SSSR count). The Kier molecular flexibility index (Phi) is 5.10.